The van der Waals surface area contributed by atoms with Crippen LogP contribution in [-0.4, -0.2) is 53.8 Å². The van der Waals surface area contributed by atoms with Crippen LogP contribution in [0.4, 0.5) is 10.7 Å². The molecule has 1 saturated heterocycles. The maximum absolute atomic E-state index is 13.8. The molecular formula is C26H29N9O3. The zero-order valence-corrected chi connectivity index (χ0v) is 21.6. The first kappa shape index (κ1) is 25.0. The van der Waals surface area contributed by atoms with Crippen molar-refractivity contribution in [1.82, 2.24) is 34.0 Å². The fourth-order valence-corrected chi connectivity index (χ4v) is 5.03. The Labute approximate surface area is 218 Å². The number of aromatic nitrogens is 6. The van der Waals surface area contributed by atoms with E-state index in [1.54, 1.807) is 18.5 Å². The number of primary amides is 1. The van der Waals surface area contributed by atoms with Crippen LogP contribution in [-0.2, 0) is 20.1 Å². The smallest absolute Gasteiger partial charge is 0.332 e. The van der Waals surface area contributed by atoms with E-state index in [1.165, 1.54) is 4.57 Å². The zero-order valence-electron chi connectivity index (χ0n) is 21.6. The molecule has 0 radical (unpaired) electrons. The Morgan fingerprint density at radius 1 is 1.18 bits per heavy atom. The topological polar surface area (TPSA) is 146 Å². The summed E-state index contributed by atoms with van der Waals surface area (Å²) in [7, 11) is 1.59. The van der Waals surface area contributed by atoms with E-state index in [2.05, 4.69) is 27.1 Å². The van der Waals surface area contributed by atoms with Crippen molar-refractivity contribution in [1.29, 1.82) is 0 Å². The number of carbonyl (C=O) groups is 1. The van der Waals surface area contributed by atoms with Crippen LogP contribution in [0.1, 0.15) is 31.3 Å². The summed E-state index contributed by atoms with van der Waals surface area (Å²) in [4.78, 5) is 54.5. The number of rotatable bonds is 5. The summed E-state index contributed by atoms with van der Waals surface area (Å²) in [5.74, 6) is 6.78. The maximum Gasteiger partial charge on any atom is 0.332 e. The number of anilines is 1. The van der Waals surface area contributed by atoms with Crippen molar-refractivity contribution in [2.24, 2.45) is 12.8 Å². The first-order valence-corrected chi connectivity index (χ1v) is 12.4. The van der Waals surface area contributed by atoms with Crippen molar-refractivity contribution in [3.8, 4) is 11.8 Å². The average Bonchev–Trinajstić information content (AvgIpc) is 3.28. The van der Waals surface area contributed by atoms with Gasteiger partial charge in [-0.1, -0.05) is 24.1 Å². The van der Waals surface area contributed by atoms with Crippen LogP contribution in [0.5, 0.6) is 0 Å². The molecule has 4 aromatic rings. The van der Waals surface area contributed by atoms with Gasteiger partial charge in [-0.3, -0.25) is 18.5 Å². The molecule has 0 bridgehead atoms. The van der Waals surface area contributed by atoms with Gasteiger partial charge in [0, 0.05) is 37.3 Å². The number of nitrogens with one attached hydrogen (secondary N) is 1. The highest BCUT2D eigenvalue weighted by molar-refractivity contribution is 5.80. The standard InChI is InChI=1S/C26H29N9O3/c1-4-5-13-34-21-22(31-25(34)33-12-8-9-17(14-33)29-24(27)37)32(3)26(38)35(23(21)36)15-20-28-16(2)18-10-6-7-11-19(18)30-20/h6-7,10-11,17H,8-9,12-15H2,1-3H3,(H3,27,29,37)/t17-/m0/s1. The van der Waals surface area contributed by atoms with Gasteiger partial charge in [-0.25, -0.2) is 19.6 Å². The summed E-state index contributed by atoms with van der Waals surface area (Å²) in [5, 5.41) is 3.68. The summed E-state index contributed by atoms with van der Waals surface area (Å²) >= 11 is 0. The average molecular weight is 516 g/mol. The van der Waals surface area contributed by atoms with Crippen LogP contribution in [0.3, 0.4) is 0 Å². The molecule has 0 aliphatic carbocycles. The first-order chi connectivity index (χ1) is 18.3. The molecule has 12 nitrogen and oxygen atoms in total. The Morgan fingerprint density at radius 3 is 2.74 bits per heavy atom. The van der Waals surface area contributed by atoms with E-state index in [0.29, 0.717) is 24.9 Å². The third kappa shape index (κ3) is 4.47. The summed E-state index contributed by atoms with van der Waals surface area (Å²) < 4.78 is 4.25. The molecule has 0 saturated carbocycles. The van der Waals surface area contributed by atoms with Gasteiger partial charge >= 0.3 is 11.7 Å². The van der Waals surface area contributed by atoms with Crippen molar-refractivity contribution in [2.45, 2.75) is 45.8 Å². The Bertz CT molecular complexity index is 1740. The van der Waals surface area contributed by atoms with Crippen LogP contribution in [0, 0.1) is 18.8 Å². The molecule has 3 aromatic heterocycles. The van der Waals surface area contributed by atoms with Crippen molar-refractivity contribution in [3.63, 3.8) is 0 Å². The van der Waals surface area contributed by atoms with Gasteiger partial charge in [0.25, 0.3) is 5.56 Å². The monoisotopic (exact) mass is 515 g/mol. The van der Waals surface area contributed by atoms with Crippen molar-refractivity contribution >= 4 is 34.0 Å². The lowest BCUT2D eigenvalue weighted by molar-refractivity contribution is 0.243. The predicted octanol–water partition coefficient (Wildman–Crippen LogP) is 0.857. The molecular weight excluding hydrogens is 486 g/mol. The minimum absolute atomic E-state index is 0.0819. The SMILES string of the molecule is CC#CCn1c(N2CCC[C@H](NC(N)=O)C2)nc2c1c(=O)n(Cc1nc(C)c3ccccc3n1)c(=O)n2C. The predicted molar refractivity (Wildman–Crippen MR) is 144 cm³/mol. The lowest BCUT2D eigenvalue weighted by atomic mass is 10.1. The van der Waals surface area contributed by atoms with Crippen LogP contribution < -0.4 is 27.2 Å². The Balaban J connectivity index is 1.64. The number of fused-ring (bicyclic) bond motifs is 2. The number of hydrogen-bond donors (Lipinski definition) is 2. The van der Waals surface area contributed by atoms with E-state index < -0.39 is 17.3 Å². The molecule has 1 aromatic carbocycles. The minimum Gasteiger partial charge on any atom is -0.352 e. The Kier molecular flexibility index (Phi) is 6.59. The summed E-state index contributed by atoms with van der Waals surface area (Å²) in [6.45, 7) is 4.87. The van der Waals surface area contributed by atoms with Gasteiger partial charge < -0.3 is 16.0 Å². The minimum atomic E-state index is -0.585. The second-order valence-corrected chi connectivity index (χ2v) is 9.37. The number of urea groups is 1. The van der Waals surface area contributed by atoms with Gasteiger partial charge in [0.2, 0.25) is 5.95 Å². The number of nitrogens with two attached hydrogens (primary N) is 1. The second kappa shape index (κ2) is 10.0. The fraction of sp³-hybridized carbons (Fsp3) is 0.385. The van der Waals surface area contributed by atoms with E-state index in [-0.39, 0.29) is 30.3 Å². The van der Waals surface area contributed by atoms with E-state index in [0.717, 1.165) is 34.0 Å². The van der Waals surface area contributed by atoms with Gasteiger partial charge in [-0.05, 0) is 32.8 Å². The third-order valence-corrected chi connectivity index (χ3v) is 6.82. The van der Waals surface area contributed by atoms with Crippen LogP contribution in [0.25, 0.3) is 22.1 Å². The summed E-state index contributed by atoms with van der Waals surface area (Å²) in [5.41, 5.74) is 6.39. The van der Waals surface area contributed by atoms with Gasteiger partial charge in [0.1, 0.15) is 5.82 Å². The molecule has 196 valence electrons. The zero-order chi connectivity index (χ0) is 27.0. The summed E-state index contributed by atoms with van der Waals surface area (Å²) in [6.07, 6.45) is 1.58. The molecule has 1 fully saturated rings. The molecule has 38 heavy (non-hydrogen) atoms. The van der Waals surface area contributed by atoms with Gasteiger partial charge in [-0.2, -0.15) is 4.98 Å². The number of hydrogen-bond acceptors (Lipinski definition) is 7. The lowest BCUT2D eigenvalue weighted by Crippen LogP contribution is -2.50. The van der Waals surface area contributed by atoms with E-state index >= 15 is 0 Å². The number of aryl methyl sites for hydroxylation is 2. The molecule has 1 aliphatic rings. The molecule has 4 heterocycles. The van der Waals surface area contributed by atoms with Crippen molar-refractivity contribution in [2.75, 3.05) is 18.0 Å². The number of amides is 2. The number of benzene rings is 1. The van der Waals surface area contributed by atoms with Gasteiger partial charge in [0.05, 0.1) is 18.6 Å². The quantitative estimate of drug-likeness (QED) is 0.375. The Morgan fingerprint density at radius 2 is 1.97 bits per heavy atom. The number of nitrogens with zero attached hydrogens (tertiary/aromatic N) is 7. The highest BCUT2D eigenvalue weighted by Crippen LogP contribution is 2.23. The second-order valence-electron chi connectivity index (χ2n) is 9.37. The van der Waals surface area contributed by atoms with Crippen molar-refractivity contribution in [3.05, 3.63) is 56.6 Å². The molecule has 12 heteroatoms. The fourth-order valence-electron chi connectivity index (χ4n) is 5.03. The van der Waals surface area contributed by atoms with Crippen LogP contribution in [0.15, 0.2) is 33.9 Å². The van der Waals surface area contributed by atoms with Crippen molar-refractivity contribution < 1.29 is 4.79 Å². The maximum atomic E-state index is 13.8. The first-order valence-electron chi connectivity index (χ1n) is 12.4. The molecule has 3 N–H and O–H groups in total. The molecule has 0 unspecified atom stereocenters. The van der Waals surface area contributed by atoms with E-state index in [1.807, 2.05) is 36.1 Å². The van der Waals surface area contributed by atoms with E-state index in [4.69, 9.17) is 10.7 Å². The third-order valence-electron chi connectivity index (χ3n) is 6.82. The van der Waals surface area contributed by atoms with Crippen LogP contribution >= 0.6 is 0 Å². The van der Waals surface area contributed by atoms with Crippen LogP contribution in [0.2, 0.25) is 0 Å². The highest BCUT2D eigenvalue weighted by Gasteiger charge is 2.28. The highest BCUT2D eigenvalue weighted by atomic mass is 16.2. The lowest BCUT2D eigenvalue weighted by Gasteiger charge is -2.33. The molecule has 0 spiro atoms. The van der Waals surface area contributed by atoms with E-state index in [9.17, 15) is 14.4 Å². The normalized spacial score (nSPS) is 15.4. The number of para-hydroxylation sites is 1. The number of imidazole rings is 1. The molecule has 5 rings (SSSR count). The number of piperidine rings is 1. The Hall–Kier alpha value is -4.66. The van der Waals surface area contributed by atoms with Gasteiger partial charge in [0.15, 0.2) is 11.2 Å². The van der Waals surface area contributed by atoms with Gasteiger partial charge in [-0.15, -0.1) is 5.92 Å². The molecule has 2 amide bonds. The largest absolute Gasteiger partial charge is 0.352 e. The molecule has 1 aliphatic heterocycles. The number of carbonyl (C=O) groups excluding carboxylic acids is 1. The summed E-state index contributed by atoms with van der Waals surface area (Å²) in [6, 6.07) is 6.87. The molecule has 1 atom stereocenters.